The third-order valence-corrected chi connectivity index (χ3v) is 2.02. The number of rotatable bonds is 4. The van der Waals surface area contributed by atoms with Crippen LogP contribution < -0.4 is 10.1 Å². The zero-order chi connectivity index (χ0) is 16.2. The number of ether oxygens (including phenoxy) is 2. The monoisotopic (exact) mass is 309 g/mol. The maximum Gasteiger partial charge on any atom is 0.412 e. The Morgan fingerprint density at radius 1 is 1.24 bits per heavy atom. The van der Waals surface area contributed by atoms with Crippen molar-refractivity contribution in [3.8, 4) is 5.75 Å². The third-order valence-electron chi connectivity index (χ3n) is 2.02. The highest BCUT2D eigenvalue weighted by atomic mass is 19.3. The largest absolute Gasteiger partial charge is 0.484 e. The van der Waals surface area contributed by atoms with Crippen molar-refractivity contribution < 1.29 is 31.8 Å². The number of carbonyl (C=O) groups excluding carboxylic acids is 1. The van der Waals surface area contributed by atoms with Crippen LogP contribution in [0.1, 0.15) is 20.8 Å². The molecule has 1 aromatic carbocycles. The maximum atomic E-state index is 13.6. The van der Waals surface area contributed by atoms with E-state index in [-0.39, 0.29) is 0 Å². The Labute approximate surface area is 119 Å². The van der Waals surface area contributed by atoms with Crippen molar-refractivity contribution >= 4 is 11.8 Å². The maximum absolute atomic E-state index is 13.6. The Morgan fingerprint density at radius 2 is 1.86 bits per heavy atom. The molecule has 1 rings (SSSR count). The lowest BCUT2D eigenvalue weighted by Gasteiger charge is -2.20. The molecule has 1 amide bonds. The van der Waals surface area contributed by atoms with Crippen LogP contribution in [0, 0.1) is 11.6 Å². The zero-order valence-corrected chi connectivity index (χ0v) is 11.7. The molecule has 0 aliphatic carbocycles. The average Bonchev–Trinajstić information content (AvgIpc) is 2.29. The predicted molar refractivity (Wildman–Crippen MR) is 67.7 cm³/mol. The molecule has 0 fully saturated rings. The molecular formula is C13H15F4NO3. The van der Waals surface area contributed by atoms with Gasteiger partial charge in [-0.2, -0.15) is 0 Å². The number of nitrogens with one attached hydrogen (secondary N) is 1. The molecule has 0 aromatic heterocycles. The lowest BCUT2D eigenvalue weighted by atomic mass is 10.2. The molecule has 0 saturated carbocycles. The Hall–Kier alpha value is -1.99. The highest BCUT2D eigenvalue weighted by molar-refractivity contribution is 5.85. The van der Waals surface area contributed by atoms with E-state index in [1.165, 1.54) is 0 Å². The number of amides is 1. The second-order valence-electron chi connectivity index (χ2n) is 5.09. The first kappa shape index (κ1) is 17.1. The van der Waals surface area contributed by atoms with Crippen molar-refractivity contribution in [2.75, 3.05) is 11.9 Å². The molecule has 0 aliphatic rings. The summed E-state index contributed by atoms with van der Waals surface area (Å²) in [6.45, 7) is 3.75. The normalized spacial score (nSPS) is 11.4. The number of anilines is 1. The first-order valence-electron chi connectivity index (χ1n) is 5.98. The van der Waals surface area contributed by atoms with Crippen LogP contribution in [0.25, 0.3) is 0 Å². The van der Waals surface area contributed by atoms with Gasteiger partial charge in [-0.15, -0.1) is 0 Å². The Morgan fingerprint density at radius 3 is 2.38 bits per heavy atom. The van der Waals surface area contributed by atoms with Crippen LogP contribution in [0.4, 0.5) is 28.0 Å². The van der Waals surface area contributed by atoms with Crippen molar-refractivity contribution in [3.05, 3.63) is 23.8 Å². The zero-order valence-electron chi connectivity index (χ0n) is 11.7. The minimum atomic E-state index is -2.81. The van der Waals surface area contributed by atoms with Gasteiger partial charge in [-0.05, 0) is 20.8 Å². The lowest BCUT2D eigenvalue weighted by molar-refractivity contribution is 0.0635. The number of benzene rings is 1. The summed E-state index contributed by atoms with van der Waals surface area (Å²) in [6, 6.07) is 1.20. The SMILES string of the molecule is CC(C)(C)OC(=O)Nc1cc(F)c(OCC(F)F)cc1F. The van der Waals surface area contributed by atoms with Crippen molar-refractivity contribution in [1.29, 1.82) is 0 Å². The number of hydrogen-bond acceptors (Lipinski definition) is 3. The Kier molecular flexibility index (Phi) is 5.40. The van der Waals surface area contributed by atoms with Gasteiger partial charge in [0.15, 0.2) is 17.4 Å². The van der Waals surface area contributed by atoms with Gasteiger partial charge in [-0.25, -0.2) is 22.4 Å². The second kappa shape index (κ2) is 6.64. The van der Waals surface area contributed by atoms with Gasteiger partial charge in [0.2, 0.25) is 0 Å². The molecule has 1 aromatic rings. The van der Waals surface area contributed by atoms with Crippen LogP contribution >= 0.6 is 0 Å². The van der Waals surface area contributed by atoms with Gasteiger partial charge < -0.3 is 9.47 Å². The average molecular weight is 309 g/mol. The molecule has 4 nitrogen and oxygen atoms in total. The molecule has 0 heterocycles. The van der Waals surface area contributed by atoms with E-state index in [1.54, 1.807) is 20.8 Å². The summed E-state index contributed by atoms with van der Waals surface area (Å²) < 4.78 is 60.4. The van der Waals surface area contributed by atoms with Gasteiger partial charge in [-0.3, -0.25) is 5.32 Å². The van der Waals surface area contributed by atoms with Crippen LogP contribution in [-0.2, 0) is 4.74 Å². The molecule has 8 heteroatoms. The predicted octanol–water partition coefficient (Wildman–Crippen LogP) is 3.96. The van der Waals surface area contributed by atoms with Gasteiger partial charge in [0.05, 0.1) is 5.69 Å². The fourth-order valence-electron chi connectivity index (χ4n) is 1.30. The highest BCUT2D eigenvalue weighted by Gasteiger charge is 2.19. The minimum Gasteiger partial charge on any atom is -0.484 e. The topological polar surface area (TPSA) is 47.6 Å². The van der Waals surface area contributed by atoms with Crippen LogP contribution in [0.3, 0.4) is 0 Å². The fraction of sp³-hybridized carbons (Fsp3) is 0.462. The van der Waals surface area contributed by atoms with Gasteiger partial charge in [0, 0.05) is 12.1 Å². The van der Waals surface area contributed by atoms with Crippen LogP contribution in [-0.4, -0.2) is 24.7 Å². The molecule has 0 bridgehead atoms. The molecule has 1 N–H and O–H groups in total. The Balaban J connectivity index is 2.81. The van der Waals surface area contributed by atoms with E-state index in [4.69, 9.17) is 4.74 Å². The summed E-state index contributed by atoms with van der Waals surface area (Å²) in [4.78, 5) is 11.4. The van der Waals surface area contributed by atoms with Crippen molar-refractivity contribution in [3.63, 3.8) is 0 Å². The highest BCUT2D eigenvalue weighted by Crippen LogP contribution is 2.25. The molecule has 118 valence electrons. The van der Waals surface area contributed by atoms with Crippen molar-refractivity contribution in [1.82, 2.24) is 0 Å². The molecule has 0 atom stereocenters. The summed E-state index contributed by atoms with van der Waals surface area (Å²) >= 11 is 0. The number of hydrogen-bond donors (Lipinski definition) is 1. The summed E-state index contributed by atoms with van der Waals surface area (Å²) in [5.74, 6) is -2.78. The Bertz CT molecular complexity index is 515. The standard InChI is InChI=1S/C13H15F4NO3/c1-13(2,3)21-12(19)18-9-4-8(15)10(5-7(9)14)20-6-11(16)17/h4-5,11H,6H2,1-3H3,(H,18,19). The molecular weight excluding hydrogens is 294 g/mol. The quantitative estimate of drug-likeness (QED) is 0.857. The van der Waals surface area contributed by atoms with E-state index in [0.717, 1.165) is 0 Å². The molecule has 0 radical (unpaired) electrons. The van der Waals surface area contributed by atoms with Gasteiger partial charge in [-0.1, -0.05) is 0 Å². The molecule has 0 spiro atoms. The lowest BCUT2D eigenvalue weighted by Crippen LogP contribution is -2.27. The van der Waals surface area contributed by atoms with E-state index in [2.05, 4.69) is 4.74 Å². The first-order chi connectivity index (χ1) is 9.58. The van der Waals surface area contributed by atoms with E-state index in [1.807, 2.05) is 5.32 Å². The van der Waals surface area contributed by atoms with Crippen LogP contribution in [0.2, 0.25) is 0 Å². The third kappa shape index (κ3) is 5.88. The molecule has 0 aliphatic heterocycles. The first-order valence-corrected chi connectivity index (χ1v) is 5.98. The number of alkyl halides is 2. The summed E-state index contributed by atoms with van der Waals surface area (Å²) in [5.41, 5.74) is -1.29. The van der Waals surface area contributed by atoms with Crippen molar-refractivity contribution in [2.45, 2.75) is 32.8 Å². The van der Waals surface area contributed by atoms with E-state index in [0.29, 0.717) is 12.1 Å². The summed E-state index contributed by atoms with van der Waals surface area (Å²) in [5, 5.41) is 2.02. The molecule has 0 unspecified atom stereocenters. The smallest absolute Gasteiger partial charge is 0.412 e. The fourth-order valence-corrected chi connectivity index (χ4v) is 1.30. The second-order valence-corrected chi connectivity index (χ2v) is 5.09. The minimum absolute atomic E-state index is 0.480. The van der Waals surface area contributed by atoms with Crippen LogP contribution in [0.5, 0.6) is 5.75 Å². The number of halogens is 4. The van der Waals surface area contributed by atoms with E-state index in [9.17, 15) is 22.4 Å². The van der Waals surface area contributed by atoms with E-state index >= 15 is 0 Å². The molecule has 21 heavy (non-hydrogen) atoms. The summed E-state index contributed by atoms with van der Waals surface area (Å²) in [6.07, 6.45) is -3.78. The van der Waals surface area contributed by atoms with Gasteiger partial charge in [0.25, 0.3) is 6.43 Å². The van der Waals surface area contributed by atoms with Gasteiger partial charge >= 0.3 is 6.09 Å². The molecule has 0 saturated heterocycles. The van der Waals surface area contributed by atoms with Gasteiger partial charge in [0.1, 0.15) is 12.2 Å². The number of carbonyl (C=O) groups is 1. The van der Waals surface area contributed by atoms with Crippen molar-refractivity contribution in [2.24, 2.45) is 0 Å². The summed E-state index contributed by atoms with van der Waals surface area (Å²) in [7, 11) is 0. The van der Waals surface area contributed by atoms with Crippen LogP contribution in [0.15, 0.2) is 12.1 Å². The van der Waals surface area contributed by atoms with E-state index < -0.39 is 47.8 Å².